The molecule has 0 bridgehead atoms. The molecule has 0 aliphatic carbocycles. The molecule has 2 aliphatic heterocycles. The second kappa shape index (κ2) is 8.05. The predicted molar refractivity (Wildman–Crippen MR) is 90.2 cm³/mol. The normalized spacial score (nSPS) is 22.2. The molecule has 1 amide bonds. The summed E-state index contributed by atoms with van der Waals surface area (Å²) in [5.41, 5.74) is 0.710. The Morgan fingerprint density at radius 1 is 1.25 bits per heavy atom. The van der Waals surface area contributed by atoms with Gasteiger partial charge in [0, 0.05) is 19.1 Å². The molecule has 2 saturated heterocycles. The summed E-state index contributed by atoms with van der Waals surface area (Å²) in [4.78, 5) is 17.3. The molecule has 0 aromatic heterocycles. The van der Waals surface area contributed by atoms with Gasteiger partial charge in [-0.2, -0.15) is 0 Å². The minimum absolute atomic E-state index is 0.0305. The molecular weight excluding hydrogens is 309 g/mol. The molecule has 1 N–H and O–H groups in total. The average molecular weight is 335 g/mol. The molecule has 0 spiro atoms. The van der Waals surface area contributed by atoms with Crippen LogP contribution in [0.3, 0.4) is 0 Å². The van der Waals surface area contributed by atoms with E-state index in [0.717, 1.165) is 25.9 Å². The molecule has 0 unspecified atom stereocenters. The fourth-order valence-corrected chi connectivity index (χ4v) is 3.47. The molecule has 3 rings (SSSR count). The monoisotopic (exact) mass is 335 g/mol. The Morgan fingerprint density at radius 2 is 1.96 bits per heavy atom. The first-order chi connectivity index (χ1) is 11.6. The summed E-state index contributed by atoms with van der Waals surface area (Å²) < 4.78 is 19.1. The van der Waals surface area contributed by atoms with Crippen LogP contribution in [0, 0.1) is 5.82 Å². The third-order valence-corrected chi connectivity index (χ3v) is 4.89. The van der Waals surface area contributed by atoms with Crippen molar-refractivity contribution in [1.29, 1.82) is 0 Å². The van der Waals surface area contributed by atoms with Gasteiger partial charge in [-0.15, -0.1) is 0 Å². The van der Waals surface area contributed by atoms with E-state index in [2.05, 4.69) is 22.2 Å². The number of benzene rings is 1. The van der Waals surface area contributed by atoms with Crippen LogP contribution in [-0.2, 0) is 9.53 Å². The van der Waals surface area contributed by atoms with Crippen LogP contribution in [0.2, 0.25) is 0 Å². The lowest BCUT2D eigenvalue weighted by molar-refractivity contribution is -0.129. The van der Waals surface area contributed by atoms with Crippen LogP contribution < -0.4 is 5.32 Å². The Balaban J connectivity index is 1.74. The molecule has 24 heavy (non-hydrogen) atoms. The summed E-state index contributed by atoms with van der Waals surface area (Å²) >= 11 is 0. The van der Waals surface area contributed by atoms with Crippen molar-refractivity contribution in [2.75, 3.05) is 46.4 Å². The number of morpholine rings is 1. The number of hydrogen-bond acceptors (Lipinski definition) is 4. The molecule has 0 radical (unpaired) electrons. The first-order valence-electron chi connectivity index (χ1n) is 8.69. The van der Waals surface area contributed by atoms with Crippen molar-refractivity contribution in [2.45, 2.75) is 24.9 Å². The van der Waals surface area contributed by atoms with Crippen molar-refractivity contribution in [3.63, 3.8) is 0 Å². The van der Waals surface area contributed by atoms with Crippen molar-refractivity contribution in [3.8, 4) is 0 Å². The number of hydrogen-bond donors (Lipinski definition) is 1. The molecular formula is C18H26FN3O2. The third kappa shape index (κ3) is 4.32. The summed E-state index contributed by atoms with van der Waals surface area (Å²) in [6.07, 6.45) is 1.92. The Kier molecular flexibility index (Phi) is 5.81. The minimum atomic E-state index is -0.454. The highest BCUT2D eigenvalue weighted by Crippen LogP contribution is 2.24. The smallest absolute Gasteiger partial charge is 0.242 e. The van der Waals surface area contributed by atoms with E-state index in [1.165, 1.54) is 12.1 Å². The number of likely N-dealkylation sites (tertiary alicyclic amines) is 1. The number of halogens is 1. The summed E-state index contributed by atoms with van der Waals surface area (Å²) in [5, 5.41) is 3.18. The zero-order chi connectivity index (χ0) is 16.9. The number of carbonyl (C=O) groups excluding carboxylic acids is 1. The van der Waals surface area contributed by atoms with Crippen LogP contribution in [0.4, 0.5) is 4.39 Å². The molecule has 2 fully saturated rings. The van der Waals surface area contributed by atoms with Crippen LogP contribution >= 0.6 is 0 Å². The lowest BCUT2D eigenvalue weighted by Gasteiger charge is -2.36. The quantitative estimate of drug-likeness (QED) is 0.904. The van der Waals surface area contributed by atoms with E-state index in [9.17, 15) is 9.18 Å². The maximum atomic E-state index is 13.7. The van der Waals surface area contributed by atoms with Gasteiger partial charge in [0.15, 0.2) is 0 Å². The molecule has 6 heteroatoms. The lowest BCUT2D eigenvalue weighted by atomic mass is 10.0. The Bertz CT molecular complexity index is 555. The molecule has 5 nitrogen and oxygen atoms in total. The average Bonchev–Trinajstić information content (AvgIpc) is 2.58. The topological polar surface area (TPSA) is 44.8 Å². The van der Waals surface area contributed by atoms with Gasteiger partial charge < -0.3 is 15.0 Å². The first-order valence-corrected chi connectivity index (χ1v) is 8.69. The molecule has 1 atom stereocenters. The fourth-order valence-electron chi connectivity index (χ4n) is 3.47. The highest BCUT2D eigenvalue weighted by atomic mass is 19.1. The molecule has 0 saturated carbocycles. The van der Waals surface area contributed by atoms with Crippen molar-refractivity contribution in [3.05, 3.63) is 35.6 Å². The number of ether oxygens (including phenoxy) is 1. The van der Waals surface area contributed by atoms with Crippen LogP contribution in [-0.4, -0.2) is 68.2 Å². The first kappa shape index (κ1) is 17.3. The van der Waals surface area contributed by atoms with Gasteiger partial charge in [-0.05, 0) is 50.7 Å². The highest BCUT2D eigenvalue weighted by molar-refractivity contribution is 5.83. The van der Waals surface area contributed by atoms with Crippen molar-refractivity contribution >= 4 is 5.91 Å². The lowest BCUT2D eigenvalue weighted by Crippen LogP contribution is -2.50. The van der Waals surface area contributed by atoms with Gasteiger partial charge in [0.25, 0.3) is 0 Å². The van der Waals surface area contributed by atoms with E-state index in [-0.39, 0.29) is 17.8 Å². The van der Waals surface area contributed by atoms with Crippen LogP contribution in [0.25, 0.3) is 0 Å². The van der Waals surface area contributed by atoms with Crippen molar-refractivity contribution in [2.24, 2.45) is 0 Å². The van der Waals surface area contributed by atoms with E-state index in [4.69, 9.17) is 4.74 Å². The maximum Gasteiger partial charge on any atom is 0.242 e. The van der Waals surface area contributed by atoms with Crippen LogP contribution in [0.1, 0.15) is 24.4 Å². The zero-order valence-corrected chi connectivity index (χ0v) is 14.2. The number of piperidine rings is 1. The van der Waals surface area contributed by atoms with Crippen LogP contribution in [0.5, 0.6) is 0 Å². The van der Waals surface area contributed by atoms with E-state index in [1.807, 2.05) is 6.07 Å². The Labute approximate surface area is 142 Å². The molecule has 1 aromatic carbocycles. The number of rotatable bonds is 4. The third-order valence-electron chi connectivity index (χ3n) is 4.89. The fraction of sp³-hybridized carbons (Fsp3) is 0.611. The van der Waals surface area contributed by atoms with E-state index in [1.54, 1.807) is 6.07 Å². The largest absolute Gasteiger partial charge is 0.379 e. The van der Waals surface area contributed by atoms with Crippen LogP contribution in [0.15, 0.2) is 24.3 Å². The van der Waals surface area contributed by atoms with Gasteiger partial charge in [-0.1, -0.05) is 12.1 Å². The predicted octanol–water partition coefficient (Wildman–Crippen LogP) is 1.41. The number of nitrogens with zero attached hydrogens (tertiary/aromatic N) is 2. The second-order valence-electron chi connectivity index (χ2n) is 6.69. The second-order valence-corrected chi connectivity index (χ2v) is 6.69. The highest BCUT2D eigenvalue weighted by Gasteiger charge is 2.31. The van der Waals surface area contributed by atoms with E-state index in [0.29, 0.717) is 31.9 Å². The molecule has 2 aliphatic rings. The van der Waals surface area contributed by atoms with E-state index < -0.39 is 6.04 Å². The SMILES string of the molecule is CN1CCC(NC(=O)[C@H](c2cccc(F)c2)N2CCOCC2)CC1. The number of nitrogens with one attached hydrogen (secondary N) is 1. The van der Waals surface area contributed by atoms with Crippen molar-refractivity contribution < 1.29 is 13.9 Å². The van der Waals surface area contributed by atoms with Gasteiger partial charge in [0.1, 0.15) is 11.9 Å². The standard InChI is InChI=1S/C18H26FN3O2/c1-21-7-5-16(6-8-21)20-18(23)17(22-9-11-24-12-10-22)14-3-2-4-15(19)13-14/h2-4,13,16-17H,5-12H2,1H3,(H,20,23)/t17-/m0/s1. The Morgan fingerprint density at radius 3 is 2.62 bits per heavy atom. The zero-order valence-electron chi connectivity index (χ0n) is 14.2. The van der Waals surface area contributed by atoms with Gasteiger partial charge in [-0.25, -0.2) is 4.39 Å². The summed E-state index contributed by atoms with van der Waals surface area (Å²) in [6, 6.07) is 6.12. The number of amides is 1. The molecule has 2 heterocycles. The summed E-state index contributed by atoms with van der Waals surface area (Å²) in [7, 11) is 2.10. The van der Waals surface area contributed by atoms with Crippen molar-refractivity contribution in [1.82, 2.24) is 15.1 Å². The Hall–Kier alpha value is -1.50. The minimum Gasteiger partial charge on any atom is -0.379 e. The summed E-state index contributed by atoms with van der Waals surface area (Å²) in [5.74, 6) is -0.338. The van der Waals surface area contributed by atoms with Gasteiger partial charge in [-0.3, -0.25) is 9.69 Å². The van der Waals surface area contributed by atoms with E-state index >= 15 is 0 Å². The maximum absolute atomic E-state index is 13.7. The molecule has 132 valence electrons. The summed E-state index contributed by atoms with van der Waals surface area (Å²) in [6.45, 7) is 4.56. The molecule has 1 aromatic rings. The van der Waals surface area contributed by atoms with Gasteiger partial charge in [0.2, 0.25) is 5.91 Å². The van der Waals surface area contributed by atoms with Gasteiger partial charge in [0.05, 0.1) is 13.2 Å². The van der Waals surface area contributed by atoms with Gasteiger partial charge >= 0.3 is 0 Å². The number of carbonyl (C=O) groups is 1.